The Morgan fingerprint density at radius 1 is 1.11 bits per heavy atom. The molecule has 2 aliphatic rings. The first-order valence-electron chi connectivity index (χ1n) is 9.01. The Morgan fingerprint density at radius 3 is 2.63 bits per heavy atom. The number of nitrogens with zero attached hydrogens (tertiary/aromatic N) is 3. The van der Waals surface area contributed by atoms with Crippen LogP contribution < -0.4 is 4.74 Å². The number of para-hydroxylation sites is 2. The third kappa shape index (κ3) is 3.44. The van der Waals surface area contributed by atoms with Crippen LogP contribution in [0, 0.1) is 6.92 Å². The lowest BCUT2D eigenvalue weighted by atomic mass is 10.1. The van der Waals surface area contributed by atoms with Crippen molar-refractivity contribution >= 4 is 21.5 Å². The van der Waals surface area contributed by atoms with E-state index in [1.165, 1.54) is 6.26 Å². The second-order valence-corrected chi connectivity index (χ2v) is 9.11. The van der Waals surface area contributed by atoms with Gasteiger partial charge in [-0.25, -0.2) is 13.4 Å². The van der Waals surface area contributed by atoms with E-state index in [9.17, 15) is 8.42 Å². The van der Waals surface area contributed by atoms with Gasteiger partial charge >= 0.3 is 0 Å². The van der Waals surface area contributed by atoms with Crippen molar-refractivity contribution < 1.29 is 13.2 Å². The van der Waals surface area contributed by atoms with Crippen molar-refractivity contribution in [2.24, 2.45) is 4.99 Å². The highest BCUT2D eigenvalue weighted by Gasteiger charge is 2.33. The quantitative estimate of drug-likeness (QED) is 0.757. The van der Waals surface area contributed by atoms with E-state index in [0.29, 0.717) is 19.6 Å². The average molecular weight is 385 g/mol. The first-order chi connectivity index (χ1) is 12.8. The van der Waals surface area contributed by atoms with Crippen LogP contribution >= 0.6 is 0 Å². The van der Waals surface area contributed by atoms with Gasteiger partial charge in [-0.1, -0.05) is 23.8 Å². The van der Waals surface area contributed by atoms with Crippen molar-refractivity contribution in [3.05, 3.63) is 53.6 Å². The highest BCUT2D eigenvalue weighted by molar-refractivity contribution is 7.88. The molecule has 2 heterocycles. The number of amidine groups is 1. The van der Waals surface area contributed by atoms with Crippen LogP contribution in [0.4, 0.5) is 5.69 Å². The molecule has 0 bridgehead atoms. The first kappa shape index (κ1) is 18.0. The Bertz CT molecular complexity index is 1020. The molecule has 1 unspecified atom stereocenters. The summed E-state index contributed by atoms with van der Waals surface area (Å²) in [6.07, 6.45) is 1.27. The van der Waals surface area contributed by atoms with Gasteiger partial charge in [0.15, 0.2) is 5.75 Å². The van der Waals surface area contributed by atoms with Crippen LogP contribution in [0.25, 0.3) is 0 Å². The van der Waals surface area contributed by atoms with Crippen LogP contribution in [-0.4, -0.2) is 55.4 Å². The third-order valence-corrected chi connectivity index (χ3v) is 6.37. The van der Waals surface area contributed by atoms with E-state index >= 15 is 0 Å². The van der Waals surface area contributed by atoms with E-state index in [1.54, 1.807) is 4.31 Å². The zero-order chi connectivity index (χ0) is 19.2. The molecule has 2 aromatic rings. The molecule has 1 fully saturated rings. The maximum atomic E-state index is 12.0. The lowest BCUT2D eigenvalue weighted by Gasteiger charge is -2.39. The summed E-state index contributed by atoms with van der Waals surface area (Å²) in [4.78, 5) is 7.08. The highest BCUT2D eigenvalue weighted by atomic mass is 32.2. The van der Waals surface area contributed by atoms with Gasteiger partial charge in [-0.15, -0.1) is 0 Å². The highest BCUT2D eigenvalue weighted by Crippen LogP contribution is 2.38. The summed E-state index contributed by atoms with van der Waals surface area (Å²) < 4.78 is 31.7. The van der Waals surface area contributed by atoms with Crippen LogP contribution in [0.2, 0.25) is 0 Å². The van der Waals surface area contributed by atoms with E-state index in [2.05, 4.69) is 11.0 Å². The van der Waals surface area contributed by atoms with Gasteiger partial charge in [-0.2, -0.15) is 4.31 Å². The summed E-state index contributed by atoms with van der Waals surface area (Å²) in [5.74, 6) is 2.32. The first-order valence-corrected chi connectivity index (χ1v) is 10.9. The fraction of sp³-hybridized carbons (Fsp3) is 0.350. The number of sulfonamides is 1. The topological polar surface area (TPSA) is 62.2 Å². The summed E-state index contributed by atoms with van der Waals surface area (Å²) in [7, 11) is -3.21. The standard InChI is InChI=1S/C20H23N3O3S/c1-14-8-9-18-16(12-14)20(21-17-6-4-5-7-19(17)26-18)22-10-11-23(15(2)13-22)27(3,24)25/h4-9,12,15H,10-11,13H2,1-3H3. The predicted molar refractivity (Wildman–Crippen MR) is 106 cm³/mol. The molecule has 0 saturated carbocycles. The van der Waals surface area contributed by atoms with Gasteiger partial charge in [-0.3, -0.25) is 0 Å². The maximum Gasteiger partial charge on any atom is 0.211 e. The molecule has 0 aliphatic carbocycles. The van der Waals surface area contributed by atoms with Crippen LogP contribution in [-0.2, 0) is 10.0 Å². The van der Waals surface area contributed by atoms with Crippen molar-refractivity contribution in [2.75, 3.05) is 25.9 Å². The Hall–Kier alpha value is -2.38. The van der Waals surface area contributed by atoms with Crippen molar-refractivity contribution in [3.8, 4) is 11.5 Å². The lowest BCUT2D eigenvalue weighted by molar-refractivity contribution is 0.207. The fourth-order valence-corrected chi connectivity index (χ4v) is 4.84. The number of ether oxygens (including phenoxy) is 1. The molecule has 0 amide bonds. The summed E-state index contributed by atoms with van der Waals surface area (Å²) in [5, 5.41) is 0. The Morgan fingerprint density at radius 2 is 1.89 bits per heavy atom. The second kappa shape index (κ2) is 6.65. The number of hydrogen-bond donors (Lipinski definition) is 0. The van der Waals surface area contributed by atoms with Gasteiger partial charge in [0.05, 0.1) is 11.8 Å². The van der Waals surface area contributed by atoms with E-state index in [-0.39, 0.29) is 6.04 Å². The summed E-state index contributed by atoms with van der Waals surface area (Å²) in [5.41, 5.74) is 2.84. The molecule has 2 aromatic carbocycles. The lowest BCUT2D eigenvalue weighted by Crippen LogP contribution is -2.55. The Balaban J connectivity index is 1.77. The van der Waals surface area contributed by atoms with Crippen LogP contribution in [0.15, 0.2) is 47.5 Å². The molecule has 0 radical (unpaired) electrons. The van der Waals surface area contributed by atoms with Gasteiger partial charge < -0.3 is 9.64 Å². The molecule has 6 nitrogen and oxygen atoms in total. The minimum atomic E-state index is -3.21. The summed E-state index contributed by atoms with van der Waals surface area (Å²) in [6, 6.07) is 13.7. The van der Waals surface area contributed by atoms with Crippen LogP contribution in [0.1, 0.15) is 18.1 Å². The maximum absolute atomic E-state index is 12.0. The Labute approximate surface area is 160 Å². The van der Waals surface area contributed by atoms with Crippen molar-refractivity contribution in [3.63, 3.8) is 0 Å². The molecule has 1 atom stereocenters. The number of piperazine rings is 1. The number of hydrogen-bond acceptors (Lipinski definition) is 5. The minimum Gasteiger partial charge on any atom is -0.454 e. The molecule has 1 saturated heterocycles. The molecule has 4 rings (SSSR count). The molecule has 2 aliphatic heterocycles. The predicted octanol–water partition coefficient (Wildman–Crippen LogP) is 3.14. The number of aryl methyl sites for hydroxylation is 1. The largest absolute Gasteiger partial charge is 0.454 e. The number of fused-ring (bicyclic) bond motifs is 2. The second-order valence-electron chi connectivity index (χ2n) is 7.17. The number of aliphatic imine (C=N–C) groups is 1. The molecule has 7 heteroatoms. The number of rotatable bonds is 1. The molecule has 142 valence electrons. The van der Waals surface area contributed by atoms with E-state index in [4.69, 9.17) is 9.73 Å². The SMILES string of the molecule is Cc1ccc2c(c1)C(N1CCN(S(C)(=O)=O)C(C)C1)=Nc1ccccc1O2. The third-order valence-electron chi connectivity index (χ3n) is 4.98. The van der Waals surface area contributed by atoms with Crippen LogP contribution in [0.3, 0.4) is 0 Å². The van der Waals surface area contributed by atoms with E-state index in [0.717, 1.165) is 34.1 Å². The fourth-order valence-electron chi connectivity index (χ4n) is 3.70. The van der Waals surface area contributed by atoms with Crippen molar-refractivity contribution in [1.29, 1.82) is 0 Å². The molecule has 27 heavy (non-hydrogen) atoms. The van der Waals surface area contributed by atoms with Crippen molar-refractivity contribution in [1.82, 2.24) is 9.21 Å². The normalized spacial score (nSPS) is 20.2. The van der Waals surface area contributed by atoms with E-state index in [1.807, 2.05) is 50.2 Å². The molecular formula is C20H23N3O3S. The summed E-state index contributed by atoms with van der Waals surface area (Å²) in [6.45, 7) is 5.60. The summed E-state index contributed by atoms with van der Waals surface area (Å²) >= 11 is 0. The van der Waals surface area contributed by atoms with E-state index < -0.39 is 10.0 Å². The molecule has 0 spiro atoms. The minimum absolute atomic E-state index is 0.121. The van der Waals surface area contributed by atoms with Gasteiger partial charge in [-0.05, 0) is 38.1 Å². The zero-order valence-electron chi connectivity index (χ0n) is 15.7. The van der Waals surface area contributed by atoms with Gasteiger partial charge in [0.25, 0.3) is 0 Å². The molecule has 0 aromatic heterocycles. The molecule has 0 N–H and O–H groups in total. The monoisotopic (exact) mass is 385 g/mol. The smallest absolute Gasteiger partial charge is 0.211 e. The van der Waals surface area contributed by atoms with Gasteiger partial charge in [0, 0.05) is 25.7 Å². The van der Waals surface area contributed by atoms with Crippen LogP contribution in [0.5, 0.6) is 11.5 Å². The zero-order valence-corrected chi connectivity index (χ0v) is 16.5. The average Bonchev–Trinajstić information content (AvgIpc) is 2.77. The molecular weight excluding hydrogens is 362 g/mol. The van der Waals surface area contributed by atoms with Crippen molar-refractivity contribution in [2.45, 2.75) is 19.9 Å². The van der Waals surface area contributed by atoms with Gasteiger partial charge in [0.1, 0.15) is 17.3 Å². The Kier molecular flexibility index (Phi) is 4.44. The van der Waals surface area contributed by atoms with Gasteiger partial charge in [0.2, 0.25) is 10.0 Å². The number of benzene rings is 2.